The Morgan fingerprint density at radius 3 is 2.76 bits per heavy atom. The molecule has 0 saturated carbocycles. The van der Waals surface area contributed by atoms with Gasteiger partial charge >= 0.3 is 11.9 Å². The van der Waals surface area contributed by atoms with Crippen LogP contribution in [-0.2, 0) is 9.53 Å². The topological polar surface area (TPSA) is 77.5 Å². The van der Waals surface area contributed by atoms with Crippen molar-refractivity contribution in [3.05, 3.63) is 41.4 Å². The van der Waals surface area contributed by atoms with E-state index in [-0.39, 0.29) is 12.4 Å². The van der Waals surface area contributed by atoms with Crippen molar-refractivity contribution in [2.24, 2.45) is 0 Å². The number of nitrogens with zero attached hydrogens (tertiary/aromatic N) is 1. The molecule has 1 aromatic carbocycles. The first-order valence-electron chi connectivity index (χ1n) is 6.23. The Kier molecular flexibility index (Phi) is 5.28. The number of benzene rings is 1. The highest BCUT2D eigenvalue weighted by atomic mass is 32.1. The van der Waals surface area contributed by atoms with E-state index in [4.69, 9.17) is 4.74 Å². The first-order chi connectivity index (χ1) is 10.2. The van der Waals surface area contributed by atoms with Crippen molar-refractivity contribution in [3.63, 3.8) is 0 Å². The van der Waals surface area contributed by atoms with Crippen molar-refractivity contribution in [1.82, 2.24) is 4.98 Å². The molecule has 1 N–H and O–H groups in total. The molecule has 7 heteroatoms. The van der Waals surface area contributed by atoms with Crippen LogP contribution in [0.2, 0.25) is 0 Å². The van der Waals surface area contributed by atoms with E-state index in [1.807, 2.05) is 6.07 Å². The fourth-order valence-corrected chi connectivity index (χ4v) is 2.19. The molecule has 2 rings (SSSR count). The van der Waals surface area contributed by atoms with Gasteiger partial charge in [0, 0.05) is 6.54 Å². The van der Waals surface area contributed by atoms with Crippen LogP contribution in [0.4, 0.5) is 5.13 Å². The Morgan fingerprint density at radius 1 is 1.29 bits per heavy atom. The lowest BCUT2D eigenvalue weighted by Crippen LogP contribution is -2.09. The van der Waals surface area contributed by atoms with E-state index in [0.29, 0.717) is 22.3 Å². The minimum Gasteiger partial charge on any atom is -0.469 e. The van der Waals surface area contributed by atoms with Gasteiger partial charge in [-0.1, -0.05) is 29.5 Å². The number of carbonyl (C=O) groups is 2. The van der Waals surface area contributed by atoms with Crippen molar-refractivity contribution < 1.29 is 19.1 Å². The molecule has 1 aromatic heterocycles. The molecule has 0 aliphatic carbocycles. The molecule has 0 aliphatic rings. The smallest absolute Gasteiger partial charge is 0.355 e. The van der Waals surface area contributed by atoms with Crippen LogP contribution in [0.1, 0.15) is 16.1 Å². The number of carbonyl (C=O) groups excluding carboxylic acids is 2. The molecule has 6 nitrogen and oxygen atoms in total. The molecule has 110 valence electrons. The zero-order valence-corrected chi connectivity index (χ0v) is 12.2. The highest BCUT2D eigenvalue weighted by Gasteiger charge is 2.13. The van der Waals surface area contributed by atoms with Crippen LogP contribution in [0.5, 0.6) is 5.75 Å². The lowest BCUT2D eigenvalue weighted by molar-refractivity contribution is -0.140. The summed E-state index contributed by atoms with van der Waals surface area (Å²) in [6.07, 6.45) is 1.68. The normalized spacial score (nSPS) is 9.95. The van der Waals surface area contributed by atoms with Gasteiger partial charge in [0.2, 0.25) is 0 Å². The van der Waals surface area contributed by atoms with Gasteiger partial charge in [0.1, 0.15) is 10.6 Å². The van der Waals surface area contributed by atoms with Crippen LogP contribution in [0.15, 0.2) is 36.5 Å². The van der Waals surface area contributed by atoms with Gasteiger partial charge in [-0.3, -0.25) is 4.79 Å². The van der Waals surface area contributed by atoms with E-state index < -0.39 is 5.97 Å². The molecule has 0 atom stereocenters. The Balaban J connectivity index is 1.87. The van der Waals surface area contributed by atoms with Crippen LogP contribution >= 0.6 is 11.3 Å². The van der Waals surface area contributed by atoms with E-state index >= 15 is 0 Å². The lowest BCUT2D eigenvalue weighted by Gasteiger charge is -2.01. The third kappa shape index (κ3) is 4.57. The van der Waals surface area contributed by atoms with Crippen molar-refractivity contribution >= 4 is 28.4 Å². The summed E-state index contributed by atoms with van der Waals surface area (Å²) in [6, 6.07) is 8.82. The fourth-order valence-electron chi connectivity index (χ4n) is 1.47. The van der Waals surface area contributed by atoms with E-state index in [1.165, 1.54) is 24.6 Å². The minimum atomic E-state index is -0.459. The van der Waals surface area contributed by atoms with Crippen LogP contribution in [0.25, 0.3) is 0 Å². The quantitative estimate of drug-likeness (QED) is 0.652. The fraction of sp³-hybridized carbons (Fsp3) is 0.214. The van der Waals surface area contributed by atoms with Gasteiger partial charge in [-0.05, 0) is 12.1 Å². The predicted octanol–water partition coefficient (Wildman–Crippen LogP) is 2.34. The zero-order valence-electron chi connectivity index (χ0n) is 11.4. The maximum atomic E-state index is 11.9. The van der Waals surface area contributed by atoms with E-state index in [0.717, 1.165) is 0 Å². The Labute approximate surface area is 125 Å². The molecule has 0 amide bonds. The second kappa shape index (κ2) is 7.39. The monoisotopic (exact) mass is 306 g/mol. The molecule has 0 spiro atoms. The number of ether oxygens (including phenoxy) is 2. The number of rotatable bonds is 6. The summed E-state index contributed by atoms with van der Waals surface area (Å²) in [5.74, 6) is -0.279. The SMILES string of the molecule is COC(=O)CCNc1ncc(C(=O)Oc2ccccc2)s1. The molecule has 0 unspecified atom stereocenters. The number of hydrogen-bond donors (Lipinski definition) is 1. The maximum absolute atomic E-state index is 11.9. The number of methoxy groups -OCH3 is 1. The van der Waals surface area contributed by atoms with Crippen LogP contribution < -0.4 is 10.1 Å². The third-order valence-electron chi connectivity index (χ3n) is 2.49. The molecule has 21 heavy (non-hydrogen) atoms. The molecule has 2 aromatic rings. The Morgan fingerprint density at radius 2 is 2.05 bits per heavy atom. The number of anilines is 1. The number of para-hydroxylation sites is 1. The number of thiazole rings is 1. The molecule has 0 fully saturated rings. The maximum Gasteiger partial charge on any atom is 0.355 e. The van der Waals surface area contributed by atoms with Crippen molar-refractivity contribution in [1.29, 1.82) is 0 Å². The Bertz CT molecular complexity index is 612. The van der Waals surface area contributed by atoms with Gasteiger partial charge in [0.25, 0.3) is 0 Å². The van der Waals surface area contributed by atoms with E-state index in [1.54, 1.807) is 24.3 Å². The average Bonchev–Trinajstić information content (AvgIpc) is 2.97. The van der Waals surface area contributed by atoms with E-state index in [2.05, 4.69) is 15.0 Å². The summed E-state index contributed by atoms with van der Waals surface area (Å²) >= 11 is 1.17. The Hall–Kier alpha value is -2.41. The summed E-state index contributed by atoms with van der Waals surface area (Å²) in [7, 11) is 1.34. The van der Waals surface area contributed by atoms with Crippen molar-refractivity contribution in [3.8, 4) is 5.75 Å². The zero-order chi connectivity index (χ0) is 15.1. The van der Waals surface area contributed by atoms with Gasteiger partial charge in [0.05, 0.1) is 19.7 Å². The summed E-state index contributed by atoms with van der Waals surface area (Å²) in [6.45, 7) is 0.396. The third-order valence-corrected chi connectivity index (χ3v) is 3.43. The van der Waals surface area contributed by atoms with Crippen LogP contribution in [-0.4, -0.2) is 30.6 Å². The molecule has 1 heterocycles. The number of nitrogens with one attached hydrogen (secondary N) is 1. The highest BCUT2D eigenvalue weighted by molar-refractivity contribution is 7.17. The van der Waals surface area contributed by atoms with Crippen LogP contribution in [0.3, 0.4) is 0 Å². The number of aromatic nitrogens is 1. The number of hydrogen-bond acceptors (Lipinski definition) is 7. The lowest BCUT2D eigenvalue weighted by atomic mass is 10.3. The summed E-state index contributed by atoms with van der Waals surface area (Å²) in [5.41, 5.74) is 0. The standard InChI is InChI=1S/C14H14N2O4S/c1-19-12(17)7-8-15-14-16-9-11(21-14)13(18)20-10-5-3-2-4-6-10/h2-6,9H,7-8H2,1H3,(H,15,16). The second-order valence-corrected chi connectivity index (χ2v) is 5.02. The highest BCUT2D eigenvalue weighted by Crippen LogP contribution is 2.20. The summed E-state index contributed by atoms with van der Waals surface area (Å²) < 4.78 is 9.73. The summed E-state index contributed by atoms with van der Waals surface area (Å²) in [5, 5.41) is 3.50. The molecular formula is C14H14N2O4S. The van der Waals surface area contributed by atoms with Gasteiger partial charge in [0.15, 0.2) is 5.13 Å². The minimum absolute atomic E-state index is 0.236. The van der Waals surface area contributed by atoms with Gasteiger partial charge in [-0.25, -0.2) is 9.78 Å². The second-order valence-electron chi connectivity index (χ2n) is 3.99. The van der Waals surface area contributed by atoms with Crippen molar-refractivity contribution in [2.75, 3.05) is 19.0 Å². The van der Waals surface area contributed by atoms with E-state index in [9.17, 15) is 9.59 Å². The molecule has 0 radical (unpaired) electrons. The van der Waals surface area contributed by atoms with Gasteiger partial charge < -0.3 is 14.8 Å². The van der Waals surface area contributed by atoms with Crippen molar-refractivity contribution in [2.45, 2.75) is 6.42 Å². The first kappa shape index (κ1) is 15.0. The van der Waals surface area contributed by atoms with Gasteiger partial charge in [-0.2, -0.15) is 0 Å². The largest absolute Gasteiger partial charge is 0.469 e. The molecule has 0 aliphatic heterocycles. The number of esters is 2. The molecular weight excluding hydrogens is 292 g/mol. The molecule has 0 saturated heterocycles. The van der Waals surface area contributed by atoms with Gasteiger partial charge in [-0.15, -0.1) is 0 Å². The average molecular weight is 306 g/mol. The van der Waals surface area contributed by atoms with Crippen LogP contribution in [0, 0.1) is 0 Å². The summed E-state index contributed by atoms with van der Waals surface area (Å²) in [4.78, 5) is 27.3. The predicted molar refractivity (Wildman–Crippen MR) is 78.6 cm³/mol. The molecule has 0 bridgehead atoms. The first-order valence-corrected chi connectivity index (χ1v) is 7.04.